The lowest BCUT2D eigenvalue weighted by atomic mass is 9.97. The summed E-state index contributed by atoms with van der Waals surface area (Å²) in [5.74, 6) is -0.622. The third kappa shape index (κ3) is 6.41. The number of anilines is 1. The number of aromatic amines is 1. The molecule has 1 aliphatic heterocycles. The van der Waals surface area contributed by atoms with Crippen molar-refractivity contribution in [3.63, 3.8) is 0 Å². The van der Waals surface area contributed by atoms with E-state index < -0.39 is 34.9 Å². The lowest BCUT2D eigenvalue weighted by Gasteiger charge is -2.22. The van der Waals surface area contributed by atoms with Crippen LogP contribution >= 0.6 is 11.6 Å². The monoisotopic (exact) mass is 703 g/mol. The first kappa shape index (κ1) is 32.6. The summed E-state index contributed by atoms with van der Waals surface area (Å²) in [4.78, 5) is 48.1. The Morgan fingerprint density at radius 3 is 2.58 bits per heavy atom. The van der Waals surface area contributed by atoms with E-state index >= 15 is 0 Å². The van der Waals surface area contributed by atoms with E-state index in [2.05, 4.69) is 40.9 Å². The summed E-state index contributed by atoms with van der Waals surface area (Å²) < 4.78 is 43.6. The Balaban J connectivity index is 1.29. The zero-order valence-electron chi connectivity index (χ0n) is 26.0. The quantitative estimate of drug-likeness (QED) is 0.261. The molecule has 7 rings (SSSR count). The third-order valence-electron chi connectivity index (χ3n) is 8.28. The summed E-state index contributed by atoms with van der Waals surface area (Å²) in [6.45, 7) is 1.80. The van der Waals surface area contributed by atoms with Gasteiger partial charge in [0.1, 0.15) is 5.69 Å². The van der Waals surface area contributed by atoms with Gasteiger partial charge in [0.25, 0.3) is 11.1 Å². The van der Waals surface area contributed by atoms with Gasteiger partial charge < -0.3 is 5.32 Å². The highest BCUT2D eigenvalue weighted by atomic mass is 35.5. The average Bonchev–Trinajstić information content (AvgIpc) is 3.75. The number of H-pyrrole nitrogens is 1. The fraction of sp³-hybridized carbons (Fsp3) is 0.219. The van der Waals surface area contributed by atoms with Crippen molar-refractivity contribution >= 4 is 23.2 Å². The van der Waals surface area contributed by atoms with Crippen molar-refractivity contribution in [1.29, 1.82) is 0 Å². The number of pyridine rings is 1. The van der Waals surface area contributed by atoms with E-state index in [0.717, 1.165) is 10.9 Å². The highest BCUT2D eigenvalue weighted by Crippen LogP contribution is 2.34. The highest BCUT2D eigenvalue weighted by molar-refractivity contribution is 6.31. The van der Waals surface area contributed by atoms with E-state index in [9.17, 15) is 27.6 Å². The normalized spacial score (nSPS) is 16.6. The van der Waals surface area contributed by atoms with Gasteiger partial charge in [-0.05, 0) is 43.2 Å². The lowest BCUT2D eigenvalue weighted by Crippen LogP contribution is -2.27. The number of amides is 1. The van der Waals surface area contributed by atoms with Gasteiger partial charge in [-0.2, -0.15) is 23.4 Å². The Labute approximate surface area is 284 Å². The van der Waals surface area contributed by atoms with E-state index in [1.165, 1.54) is 52.1 Å². The van der Waals surface area contributed by atoms with Crippen LogP contribution in [0.25, 0.3) is 33.9 Å². The summed E-state index contributed by atoms with van der Waals surface area (Å²) in [5, 5.41) is 20.9. The van der Waals surface area contributed by atoms with Gasteiger partial charge in [-0.25, -0.2) is 19.4 Å². The molecule has 2 N–H and O–H groups in total. The Morgan fingerprint density at radius 1 is 0.980 bits per heavy atom. The van der Waals surface area contributed by atoms with Gasteiger partial charge in [-0.1, -0.05) is 30.2 Å². The number of alkyl halides is 3. The number of nitrogens with zero attached hydrogens (tertiary/aromatic N) is 9. The zero-order valence-corrected chi connectivity index (χ0v) is 26.7. The second-order valence-electron chi connectivity index (χ2n) is 11.7. The van der Waals surface area contributed by atoms with Crippen LogP contribution in [0.4, 0.5) is 18.9 Å². The van der Waals surface area contributed by atoms with Crippen LogP contribution in [0.15, 0.2) is 83.2 Å². The fourth-order valence-corrected chi connectivity index (χ4v) is 5.90. The fourth-order valence-electron chi connectivity index (χ4n) is 5.73. The summed E-state index contributed by atoms with van der Waals surface area (Å²) >= 11 is 6.25. The summed E-state index contributed by atoms with van der Waals surface area (Å²) in [5.41, 5.74) is 0.839. The molecule has 0 unspecified atom stereocenters. The van der Waals surface area contributed by atoms with Crippen LogP contribution in [0.1, 0.15) is 43.6 Å². The first-order chi connectivity index (χ1) is 23.9. The third-order valence-corrected chi connectivity index (χ3v) is 8.52. The van der Waals surface area contributed by atoms with Crippen LogP contribution in [0.5, 0.6) is 0 Å². The van der Waals surface area contributed by atoms with E-state index in [4.69, 9.17) is 11.6 Å². The van der Waals surface area contributed by atoms with Crippen molar-refractivity contribution in [3.05, 3.63) is 111 Å². The molecule has 0 saturated heterocycles. The molecule has 18 heteroatoms. The van der Waals surface area contributed by atoms with Crippen molar-refractivity contribution < 1.29 is 18.0 Å². The Bertz CT molecular complexity index is 2370. The van der Waals surface area contributed by atoms with E-state index in [0.29, 0.717) is 47.6 Å². The van der Waals surface area contributed by atoms with E-state index in [1.54, 1.807) is 31.5 Å². The molecule has 0 radical (unpaired) electrons. The van der Waals surface area contributed by atoms with Gasteiger partial charge in [0, 0.05) is 40.4 Å². The SMILES string of the molecule is C[C@@H]1CCC[C@H](n2cnc(-c3cc(Cl)ccc3-n3cc(C(F)(F)F)nn3)cc2=O)c2cc(ccn2)-c2nn(-c3cn[nH]c(=O)c3)cc2NC1=O. The number of nitrogens with one attached hydrogen (secondary N) is 2. The molecule has 0 saturated carbocycles. The predicted octanol–water partition coefficient (Wildman–Crippen LogP) is 4.84. The van der Waals surface area contributed by atoms with Crippen LogP contribution in [-0.4, -0.2) is 55.4 Å². The maximum atomic E-state index is 13.8. The molecule has 2 atom stereocenters. The molecular formula is C32H25ClF3N11O3. The van der Waals surface area contributed by atoms with Crippen LogP contribution in [0.2, 0.25) is 5.02 Å². The van der Waals surface area contributed by atoms with Crippen LogP contribution in [-0.2, 0) is 11.0 Å². The largest absolute Gasteiger partial charge is 0.436 e. The summed E-state index contributed by atoms with van der Waals surface area (Å²) in [6.07, 6.45) is 3.46. The smallest absolute Gasteiger partial charge is 0.323 e. The number of carbonyl (C=O) groups excluding carboxylic acids is 1. The van der Waals surface area contributed by atoms with Crippen LogP contribution in [0.3, 0.4) is 0 Å². The number of rotatable bonds is 4. The summed E-state index contributed by atoms with van der Waals surface area (Å²) in [6, 6.07) is 9.88. The standard InChI is InChI=1S/C32H25ClF3N11O3/c1-17-3-2-4-26(23-9-18(7-8-37-23)30-24(40-31(17)50)14-46(43-30)20-11-28(48)42-39-13-20)45-16-38-22(12-29(45)49)21-10-19(33)5-6-25(21)47-15-27(41-44-47)32(34,35)36/h5-17,26H,2-4H2,1H3,(H,40,50)(H,42,48)/t17-,26+/m1/s1. The van der Waals surface area contributed by atoms with Crippen molar-refractivity contribution in [2.24, 2.45) is 5.92 Å². The molecule has 0 fully saturated rings. The molecule has 0 spiro atoms. The lowest BCUT2D eigenvalue weighted by molar-refractivity contribution is -0.141. The number of aromatic nitrogens is 10. The van der Waals surface area contributed by atoms with Crippen molar-refractivity contribution in [2.45, 2.75) is 38.4 Å². The number of fused-ring (bicyclic) bond motifs is 4. The van der Waals surface area contributed by atoms with Crippen molar-refractivity contribution in [1.82, 2.24) is 49.5 Å². The second-order valence-corrected chi connectivity index (χ2v) is 12.1. The molecule has 1 aromatic carbocycles. The van der Waals surface area contributed by atoms with Gasteiger partial charge >= 0.3 is 6.18 Å². The molecule has 50 heavy (non-hydrogen) atoms. The minimum absolute atomic E-state index is 0.150. The first-order valence-corrected chi connectivity index (χ1v) is 15.6. The first-order valence-electron chi connectivity index (χ1n) is 15.2. The molecule has 2 bridgehead atoms. The van der Waals surface area contributed by atoms with Crippen LogP contribution < -0.4 is 16.4 Å². The Morgan fingerprint density at radius 2 is 1.82 bits per heavy atom. The predicted molar refractivity (Wildman–Crippen MR) is 174 cm³/mol. The topological polar surface area (TPSA) is 171 Å². The highest BCUT2D eigenvalue weighted by Gasteiger charge is 2.35. The Hall–Kier alpha value is -5.97. The molecule has 1 amide bonds. The number of halogens is 4. The van der Waals surface area contributed by atoms with Gasteiger partial charge in [0.05, 0.1) is 59.4 Å². The second kappa shape index (κ2) is 12.8. The Kier molecular flexibility index (Phi) is 8.35. The number of benzene rings is 1. The zero-order chi connectivity index (χ0) is 35.2. The van der Waals surface area contributed by atoms with Gasteiger partial charge in [-0.15, -0.1) is 5.10 Å². The molecule has 6 aromatic rings. The molecule has 0 aliphatic carbocycles. The molecule has 5 aromatic heterocycles. The number of hydrogen-bond donors (Lipinski definition) is 2. The molecule has 6 heterocycles. The minimum atomic E-state index is -4.70. The molecule has 14 nitrogen and oxygen atoms in total. The van der Waals surface area contributed by atoms with E-state index in [-0.39, 0.29) is 27.9 Å². The molecule has 1 aliphatic rings. The number of carbonyl (C=O) groups is 1. The maximum Gasteiger partial charge on any atom is 0.436 e. The average molecular weight is 704 g/mol. The van der Waals surface area contributed by atoms with Gasteiger partial charge in [-0.3, -0.25) is 23.9 Å². The minimum Gasteiger partial charge on any atom is -0.323 e. The van der Waals surface area contributed by atoms with E-state index in [1.807, 2.05) is 0 Å². The molecular weight excluding hydrogens is 679 g/mol. The van der Waals surface area contributed by atoms with Gasteiger partial charge in [0.2, 0.25) is 5.91 Å². The van der Waals surface area contributed by atoms with Crippen LogP contribution in [0, 0.1) is 5.92 Å². The van der Waals surface area contributed by atoms with Gasteiger partial charge in [0.15, 0.2) is 5.69 Å². The molecule has 254 valence electrons. The summed E-state index contributed by atoms with van der Waals surface area (Å²) in [7, 11) is 0. The number of hydrogen-bond acceptors (Lipinski definition) is 9. The maximum absolute atomic E-state index is 13.8. The van der Waals surface area contributed by atoms with Crippen molar-refractivity contribution in [3.8, 4) is 33.9 Å². The van der Waals surface area contributed by atoms with Crippen molar-refractivity contribution in [2.75, 3.05) is 5.32 Å².